The number of aliphatic carboxylic acids is 1. The van der Waals surface area contributed by atoms with Gasteiger partial charge in [-0.15, -0.1) is 0 Å². The molecule has 1 aliphatic heterocycles. The van der Waals surface area contributed by atoms with E-state index < -0.39 is 5.97 Å². The van der Waals surface area contributed by atoms with E-state index in [2.05, 4.69) is 46.7 Å². The molecule has 0 unspecified atom stereocenters. The molecule has 140 valence electrons. The Morgan fingerprint density at radius 1 is 1.07 bits per heavy atom. The van der Waals surface area contributed by atoms with Crippen LogP contribution in [-0.4, -0.2) is 50.1 Å². The number of benzene rings is 3. The van der Waals surface area contributed by atoms with Crippen molar-refractivity contribution in [3.05, 3.63) is 77.2 Å². The fourth-order valence-corrected chi connectivity index (χ4v) is 3.84. The van der Waals surface area contributed by atoms with Crippen LogP contribution in [0.15, 0.2) is 76.6 Å². The molecule has 29 heavy (non-hydrogen) atoms. The van der Waals surface area contributed by atoms with Gasteiger partial charge < -0.3 is 5.11 Å². The first-order valence-corrected chi connectivity index (χ1v) is 10.8. The average molecular weight is 412 g/mol. The average Bonchev–Trinajstić information content (AvgIpc) is 3.02. The molecule has 0 saturated heterocycles. The molecule has 0 bridgehead atoms. The number of aliphatic imine (C=N–C) groups is 1. The van der Waals surface area contributed by atoms with Gasteiger partial charge in [-0.25, -0.2) is 0 Å². The number of anilines is 1. The summed E-state index contributed by atoms with van der Waals surface area (Å²) in [4.78, 5) is 25.9. The molecule has 0 fully saturated rings. The number of carboxylic acid groups (broad SMARTS) is 1. The molecule has 1 heterocycles. The second kappa shape index (κ2) is 9.89. The van der Waals surface area contributed by atoms with Gasteiger partial charge in [-0.05, 0) is 5.39 Å². The van der Waals surface area contributed by atoms with Crippen molar-refractivity contribution in [1.29, 1.82) is 0 Å². The quantitative estimate of drug-likeness (QED) is 0.494. The molecule has 0 atom stereocenters. The first-order valence-electron chi connectivity index (χ1n) is 8.95. The Balaban J connectivity index is 0.000000552. The van der Waals surface area contributed by atoms with Crippen LogP contribution in [0.5, 0.6) is 0 Å². The fourth-order valence-electron chi connectivity index (χ4n) is 2.67. The maximum absolute atomic E-state index is 12.2. The SMILES string of the molecule is CC(=O)O.O=C1N=C(Nc2cc[c]([Na])cc2)S/C1=C\c1ccc2ccccc2c1. The number of carbonyl (C=O) groups excluding carboxylic acids is 1. The van der Waals surface area contributed by atoms with Gasteiger partial charge in [0.05, 0.1) is 0 Å². The van der Waals surface area contributed by atoms with Crippen LogP contribution < -0.4 is 8.13 Å². The molecule has 0 saturated carbocycles. The number of carboxylic acids is 1. The number of amidine groups is 1. The standard InChI is InChI=1S/C20H13N2OS.C2H4O2.Na/c23-19-18(24-20(22-19)21-17-8-2-1-3-9-17)13-14-10-11-15-6-4-5-7-16(15)12-14;1-2(3)4;/h2-13H,(H,21,22,23);1H3,(H,3,4);/b18-13-;;. The predicted molar refractivity (Wildman–Crippen MR) is 121 cm³/mol. The number of fused-ring (bicyclic) bond motifs is 1. The van der Waals surface area contributed by atoms with Crippen LogP contribution in [0.25, 0.3) is 16.8 Å². The summed E-state index contributed by atoms with van der Waals surface area (Å²) in [6.07, 6.45) is 1.90. The van der Waals surface area contributed by atoms with E-state index in [0.717, 1.165) is 51.5 Å². The van der Waals surface area contributed by atoms with Crippen LogP contribution in [0.4, 0.5) is 5.69 Å². The Bertz CT molecular complexity index is 1120. The van der Waals surface area contributed by atoms with Gasteiger partial charge in [0.1, 0.15) is 0 Å². The number of carbonyl (C=O) groups is 2. The number of amides is 1. The zero-order valence-electron chi connectivity index (χ0n) is 16.0. The van der Waals surface area contributed by atoms with Crippen molar-refractivity contribution in [2.75, 3.05) is 5.32 Å². The number of hydrogen-bond acceptors (Lipinski definition) is 4. The van der Waals surface area contributed by atoms with Gasteiger partial charge in [0, 0.05) is 6.92 Å². The summed E-state index contributed by atoms with van der Waals surface area (Å²) in [6, 6.07) is 22.6. The summed E-state index contributed by atoms with van der Waals surface area (Å²) in [5.74, 6) is -1.03. The maximum atomic E-state index is 12.2. The van der Waals surface area contributed by atoms with Crippen LogP contribution in [0, 0.1) is 0 Å². The topological polar surface area (TPSA) is 78.8 Å². The van der Waals surface area contributed by atoms with Crippen LogP contribution in [0.1, 0.15) is 12.5 Å². The number of rotatable bonds is 2. The Morgan fingerprint density at radius 3 is 2.41 bits per heavy atom. The normalized spacial score (nSPS) is 14.4. The molecule has 7 heteroatoms. The molecular weight excluding hydrogens is 395 g/mol. The Morgan fingerprint density at radius 2 is 1.72 bits per heavy atom. The van der Waals surface area contributed by atoms with E-state index in [1.165, 1.54) is 20.0 Å². The molecule has 2 N–H and O–H groups in total. The molecule has 1 aliphatic rings. The third-order valence-electron chi connectivity index (χ3n) is 3.99. The van der Waals surface area contributed by atoms with Gasteiger partial charge >= 0.3 is 139 Å². The summed E-state index contributed by atoms with van der Waals surface area (Å²) < 4.78 is 1.33. The number of thioether (sulfide) groups is 1. The van der Waals surface area contributed by atoms with Gasteiger partial charge in [-0.1, -0.05) is 24.3 Å². The number of nitrogens with one attached hydrogen (secondary N) is 1. The molecule has 0 spiro atoms. The van der Waals surface area contributed by atoms with Crippen LogP contribution >= 0.6 is 11.8 Å². The number of hydrogen-bond donors (Lipinski definition) is 2. The molecular formula is C22H17N2NaO3S. The van der Waals surface area contributed by atoms with Crippen molar-refractivity contribution in [3.63, 3.8) is 0 Å². The molecule has 3 aromatic carbocycles. The molecule has 0 aliphatic carbocycles. The Labute approximate surface area is 190 Å². The van der Waals surface area contributed by atoms with Crippen LogP contribution in [-0.2, 0) is 9.59 Å². The third-order valence-corrected chi connectivity index (χ3v) is 5.56. The first kappa shape index (κ1) is 21.3. The van der Waals surface area contributed by atoms with E-state index in [0.29, 0.717) is 10.1 Å². The van der Waals surface area contributed by atoms with Crippen molar-refractivity contribution in [2.24, 2.45) is 4.99 Å². The minimum atomic E-state index is -0.833. The first-order chi connectivity index (χ1) is 13.9. The molecule has 0 radical (unpaired) electrons. The van der Waals surface area contributed by atoms with Crippen molar-refractivity contribution in [1.82, 2.24) is 0 Å². The molecule has 0 aromatic heterocycles. The molecule has 3 aromatic rings. The summed E-state index contributed by atoms with van der Waals surface area (Å²) in [5.41, 5.74) is 1.96. The molecule has 5 nitrogen and oxygen atoms in total. The van der Waals surface area contributed by atoms with Crippen molar-refractivity contribution >= 4 is 82.1 Å². The summed E-state index contributed by atoms with van der Waals surface area (Å²) >= 11 is 2.41. The minimum absolute atomic E-state index is 0.194. The summed E-state index contributed by atoms with van der Waals surface area (Å²) in [5, 5.41) is 13.6. The second-order valence-electron chi connectivity index (χ2n) is 6.45. The van der Waals surface area contributed by atoms with Crippen LogP contribution in [0.3, 0.4) is 0 Å². The molecule has 4 rings (SSSR count). The van der Waals surface area contributed by atoms with Crippen LogP contribution in [0.2, 0.25) is 0 Å². The second-order valence-corrected chi connectivity index (χ2v) is 8.63. The van der Waals surface area contributed by atoms with Gasteiger partial charge in [0.25, 0.3) is 5.97 Å². The summed E-state index contributed by atoms with van der Waals surface area (Å²) in [6.45, 7) is 1.08. The molecule has 1 amide bonds. The third kappa shape index (κ3) is 6.30. The zero-order chi connectivity index (χ0) is 20.8. The monoisotopic (exact) mass is 412 g/mol. The Hall–Kier alpha value is -2.38. The fraction of sp³-hybridized carbons (Fsp3) is 0.0455. The van der Waals surface area contributed by atoms with Crippen molar-refractivity contribution in [2.45, 2.75) is 6.92 Å². The van der Waals surface area contributed by atoms with Gasteiger partial charge in [0.15, 0.2) is 0 Å². The van der Waals surface area contributed by atoms with Crippen molar-refractivity contribution in [3.8, 4) is 0 Å². The van der Waals surface area contributed by atoms with Gasteiger partial charge in [-0.3, -0.25) is 4.79 Å². The number of nitrogens with zero attached hydrogens (tertiary/aromatic N) is 1. The van der Waals surface area contributed by atoms with E-state index in [-0.39, 0.29) is 5.91 Å². The predicted octanol–water partition coefficient (Wildman–Crippen LogP) is 3.81. The van der Waals surface area contributed by atoms with E-state index in [4.69, 9.17) is 9.90 Å². The summed E-state index contributed by atoms with van der Waals surface area (Å²) in [7, 11) is 0. The van der Waals surface area contributed by atoms with Gasteiger partial charge in [-0.2, -0.15) is 0 Å². The van der Waals surface area contributed by atoms with E-state index >= 15 is 0 Å². The zero-order valence-corrected chi connectivity index (χ0v) is 18.9. The van der Waals surface area contributed by atoms with E-state index in [1.807, 2.05) is 36.4 Å². The van der Waals surface area contributed by atoms with E-state index in [9.17, 15) is 4.79 Å². The van der Waals surface area contributed by atoms with E-state index in [1.54, 1.807) is 0 Å². The van der Waals surface area contributed by atoms with Gasteiger partial charge in [0.2, 0.25) is 0 Å². The van der Waals surface area contributed by atoms with Crippen molar-refractivity contribution < 1.29 is 14.7 Å². The Kier molecular flexibility index (Phi) is 7.28.